The van der Waals surface area contributed by atoms with E-state index >= 15 is 0 Å². The maximum atomic E-state index is 12.3. The number of nitrogens with two attached hydrogens (primary N) is 1. The fourth-order valence-electron chi connectivity index (χ4n) is 1.45. The predicted molar refractivity (Wildman–Crippen MR) is 66.2 cm³/mol. The number of carbonyl (C=O) groups is 2. The Balaban J connectivity index is 2.81. The summed E-state index contributed by atoms with van der Waals surface area (Å²) in [6.07, 6.45) is -3.83. The molecule has 0 spiro atoms. The van der Waals surface area contributed by atoms with Crippen LogP contribution in [0.2, 0.25) is 0 Å². The Bertz CT molecular complexity index is 515. The second-order valence-electron chi connectivity index (χ2n) is 4.44. The molecule has 21 heavy (non-hydrogen) atoms. The lowest BCUT2D eigenvalue weighted by Crippen LogP contribution is -2.48. The van der Waals surface area contributed by atoms with Crippen LogP contribution in [0, 0.1) is 0 Å². The molecule has 0 radical (unpaired) electrons. The van der Waals surface area contributed by atoms with E-state index in [1.807, 2.05) is 0 Å². The highest BCUT2D eigenvalue weighted by molar-refractivity contribution is 5.86. The Hall–Kier alpha value is -2.16. The van der Waals surface area contributed by atoms with Gasteiger partial charge in [-0.25, -0.2) is 4.79 Å². The minimum absolute atomic E-state index is 0.196. The first kappa shape index (κ1) is 16.9. The van der Waals surface area contributed by atoms with Gasteiger partial charge in [-0.3, -0.25) is 9.78 Å². The third-order valence-corrected chi connectivity index (χ3v) is 2.58. The number of hydrogen-bond acceptors (Lipinski definition) is 4. The Morgan fingerprint density at radius 3 is 2.43 bits per heavy atom. The van der Waals surface area contributed by atoms with E-state index in [1.54, 1.807) is 0 Å². The van der Waals surface area contributed by atoms with Crippen molar-refractivity contribution in [3.63, 3.8) is 0 Å². The maximum absolute atomic E-state index is 12.3. The van der Waals surface area contributed by atoms with Crippen LogP contribution in [0.15, 0.2) is 18.3 Å². The second-order valence-corrected chi connectivity index (χ2v) is 4.44. The Kier molecular flexibility index (Phi) is 5.25. The molecular formula is C12H14F3N3O3. The van der Waals surface area contributed by atoms with Crippen molar-refractivity contribution in [3.8, 4) is 0 Å². The summed E-state index contributed by atoms with van der Waals surface area (Å²) in [4.78, 5) is 25.6. The van der Waals surface area contributed by atoms with Crippen LogP contribution in [0.5, 0.6) is 0 Å². The number of carbonyl (C=O) groups excluding carboxylic acids is 1. The number of pyridine rings is 1. The third kappa shape index (κ3) is 5.03. The van der Waals surface area contributed by atoms with Crippen molar-refractivity contribution in [1.82, 2.24) is 10.3 Å². The van der Waals surface area contributed by atoms with Crippen molar-refractivity contribution in [2.75, 3.05) is 0 Å². The molecule has 0 aliphatic heterocycles. The lowest BCUT2D eigenvalue weighted by atomic mass is 10.1. The van der Waals surface area contributed by atoms with Crippen LogP contribution in [0.25, 0.3) is 0 Å². The van der Waals surface area contributed by atoms with E-state index in [1.165, 1.54) is 6.92 Å². The highest BCUT2D eigenvalue weighted by Crippen LogP contribution is 2.27. The van der Waals surface area contributed by atoms with Crippen molar-refractivity contribution in [2.45, 2.75) is 31.6 Å². The number of carboxylic acid groups (broad SMARTS) is 1. The predicted octanol–water partition coefficient (Wildman–Crippen LogP) is 0.560. The Morgan fingerprint density at radius 2 is 2.05 bits per heavy atom. The lowest BCUT2D eigenvalue weighted by Gasteiger charge is -2.16. The maximum Gasteiger partial charge on any atom is 0.433 e. The van der Waals surface area contributed by atoms with Gasteiger partial charge in [0, 0.05) is 12.6 Å². The van der Waals surface area contributed by atoms with Crippen LogP contribution in [-0.4, -0.2) is 34.1 Å². The first-order chi connectivity index (χ1) is 9.61. The van der Waals surface area contributed by atoms with E-state index in [2.05, 4.69) is 10.3 Å². The van der Waals surface area contributed by atoms with E-state index in [-0.39, 0.29) is 12.0 Å². The van der Waals surface area contributed by atoms with Gasteiger partial charge in [-0.2, -0.15) is 13.2 Å². The standard InChI is InChI=1S/C12H14F3N3O3/c1-6(16)10(19)18-8(11(20)21)4-7-2-3-9(17-5-7)12(13,14)15/h2-3,5-6,8H,4,16H2,1H3,(H,18,19)(H,20,21)/t6-,8+/m1/s1. The second kappa shape index (κ2) is 6.53. The summed E-state index contributed by atoms with van der Waals surface area (Å²) in [5.41, 5.74) is 4.48. The molecule has 0 aliphatic rings. The fourth-order valence-corrected chi connectivity index (χ4v) is 1.45. The molecule has 0 saturated heterocycles. The normalized spacial score (nSPS) is 14.3. The van der Waals surface area contributed by atoms with Crippen LogP contribution in [-0.2, 0) is 22.2 Å². The zero-order valence-corrected chi connectivity index (χ0v) is 11.0. The summed E-state index contributed by atoms with van der Waals surface area (Å²) < 4.78 is 37.0. The van der Waals surface area contributed by atoms with Crippen molar-refractivity contribution in [1.29, 1.82) is 0 Å². The van der Waals surface area contributed by atoms with Gasteiger partial charge in [0.2, 0.25) is 5.91 Å². The van der Waals surface area contributed by atoms with Gasteiger partial charge >= 0.3 is 12.1 Å². The minimum Gasteiger partial charge on any atom is -0.480 e. The molecule has 1 aromatic rings. The number of rotatable bonds is 5. The van der Waals surface area contributed by atoms with Gasteiger partial charge in [-0.05, 0) is 18.6 Å². The number of carboxylic acids is 1. The van der Waals surface area contributed by atoms with Crippen LogP contribution in [0.1, 0.15) is 18.2 Å². The zero-order chi connectivity index (χ0) is 16.2. The number of halogens is 3. The molecule has 0 unspecified atom stereocenters. The molecule has 0 fully saturated rings. The molecule has 116 valence electrons. The van der Waals surface area contributed by atoms with Gasteiger partial charge in [0.05, 0.1) is 6.04 Å². The molecule has 1 rings (SSSR count). The summed E-state index contributed by atoms with van der Waals surface area (Å²) >= 11 is 0. The van der Waals surface area contributed by atoms with Crippen LogP contribution < -0.4 is 11.1 Å². The lowest BCUT2D eigenvalue weighted by molar-refractivity contribution is -0.142. The molecular weight excluding hydrogens is 291 g/mol. The Labute approximate surface area is 118 Å². The highest BCUT2D eigenvalue weighted by atomic mass is 19.4. The largest absolute Gasteiger partial charge is 0.480 e. The summed E-state index contributed by atoms with van der Waals surface area (Å²) in [6.45, 7) is 1.38. The van der Waals surface area contributed by atoms with E-state index < -0.39 is 35.8 Å². The van der Waals surface area contributed by atoms with E-state index in [0.29, 0.717) is 0 Å². The number of alkyl halides is 3. The summed E-state index contributed by atoms with van der Waals surface area (Å²) in [6, 6.07) is -0.314. The number of hydrogen-bond donors (Lipinski definition) is 3. The monoisotopic (exact) mass is 305 g/mol. The van der Waals surface area contributed by atoms with Crippen LogP contribution in [0.4, 0.5) is 13.2 Å². The molecule has 6 nitrogen and oxygen atoms in total. The van der Waals surface area contributed by atoms with Gasteiger partial charge in [0.25, 0.3) is 0 Å². The molecule has 9 heteroatoms. The quantitative estimate of drug-likeness (QED) is 0.737. The smallest absolute Gasteiger partial charge is 0.433 e. The minimum atomic E-state index is -4.56. The van der Waals surface area contributed by atoms with E-state index in [9.17, 15) is 22.8 Å². The molecule has 4 N–H and O–H groups in total. The van der Waals surface area contributed by atoms with Crippen molar-refractivity contribution < 1.29 is 27.9 Å². The summed E-state index contributed by atoms with van der Waals surface area (Å²) in [5, 5.41) is 11.2. The van der Waals surface area contributed by atoms with Gasteiger partial charge < -0.3 is 16.2 Å². The highest BCUT2D eigenvalue weighted by Gasteiger charge is 2.32. The van der Waals surface area contributed by atoms with E-state index in [0.717, 1.165) is 18.3 Å². The van der Waals surface area contributed by atoms with Crippen molar-refractivity contribution in [2.24, 2.45) is 5.73 Å². The number of nitrogens with zero attached hydrogens (tertiary/aromatic N) is 1. The van der Waals surface area contributed by atoms with Crippen LogP contribution >= 0.6 is 0 Å². The van der Waals surface area contributed by atoms with Gasteiger partial charge in [-0.15, -0.1) is 0 Å². The first-order valence-electron chi connectivity index (χ1n) is 5.92. The number of aromatic nitrogens is 1. The molecule has 0 saturated carbocycles. The summed E-state index contributed by atoms with van der Waals surface area (Å²) in [5.74, 6) is -1.98. The molecule has 0 bridgehead atoms. The first-order valence-corrected chi connectivity index (χ1v) is 5.92. The topological polar surface area (TPSA) is 105 Å². The third-order valence-electron chi connectivity index (χ3n) is 2.58. The van der Waals surface area contributed by atoms with Crippen molar-refractivity contribution in [3.05, 3.63) is 29.6 Å². The van der Waals surface area contributed by atoms with Gasteiger partial charge in [0.15, 0.2) is 0 Å². The van der Waals surface area contributed by atoms with Crippen molar-refractivity contribution >= 4 is 11.9 Å². The molecule has 1 amide bonds. The Morgan fingerprint density at radius 1 is 1.43 bits per heavy atom. The van der Waals surface area contributed by atoms with Gasteiger partial charge in [0.1, 0.15) is 11.7 Å². The average molecular weight is 305 g/mol. The molecule has 1 aromatic heterocycles. The zero-order valence-electron chi connectivity index (χ0n) is 11.0. The number of aliphatic carboxylic acids is 1. The molecule has 0 aliphatic carbocycles. The van der Waals surface area contributed by atoms with E-state index in [4.69, 9.17) is 10.8 Å². The molecule has 1 heterocycles. The van der Waals surface area contributed by atoms with Gasteiger partial charge in [-0.1, -0.05) is 6.07 Å². The average Bonchev–Trinajstić information content (AvgIpc) is 2.37. The number of amides is 1. The SMILES string of the molecule is C[C@@H](N)C(=O)N[C@@H](Cc1ccc(C(F)(F)F)nc1)C(=O)O. The number of nitrogens with one attached hydrogen (secondary N) is 1. The molecule has 2 atom stereocenters. The fraction of sp³-hybridized carbons (Fsp3) is 0.417. The van der Waals surface area contributed by atoms with Crippen LogP contribution in [0.3, 0.4) is 0 Å². The summed E-state index contributed by atoms with van der Waals surface area (Å²) in [7, 11) is 0. The molecule has 0 aromatic carbocycles.